The van der Waals surface area contributed by atoms with Crippen molar-refractivity contribution in [3.8, 4) is 6.07 Å². The number of hydrogen-bond donors (Lipinski definition) is 0. The number of nitriles is 1. The third-order valence-corrected chi connectivity index (χ3v) is 3.89. The Morgan fingerprint density at radius 1 is 1.55 bits per heavy atom. The van der Waals surface area contributed by atoms with Gasteiger partial charge in [0.15, 0.2) is 0 Å². The third-order valence-electron chi connectivity index (χ3n) is 3.89. The molecule has 1 aliphatic rings. The van der Waals surface area contributed by atoms with E-state index in [0.29, 0.717) is 18.7 Å². The number of aromatic nitrogens is 1. The third kappa shape index (κ3) is 4.00. The highest BCUT2D eigenvalue weighted by atomic mass is 19.3. The van der Waals surface area contributed by atoms with Crippen LogP contribution in [0.5, 0.6) is 0 Å². The molecule has 0 saturated carbocycles. The van der Waals surface area contributed by atoms with Gasteiger partial charge in [0.2, 0.25) is 5.91 Å². The summed E-state index contributed by atoms with van der Waals surface area (Å²) in [7, 11) is 0. The fraction of sp³-hybridized carbons (Fsp3) is 0.562. The second-order valence-corrected chi connectivity index (χ2v) is 5.62. The molecule has 6 heteroatoms. The predicted molar refractivity (Wildman–Crippen MR) is 79.2 cm³/mol. The lowest BCUT2D eigenvalue weighted by Crippen LogP contribution is -2.43. The largest absolute Gasteiger partial charge is 0.342 e. The van der Waals surface area contributed by atoms with E-state index in [1.807, 2.05) is 13.0 Å². The van der Waals surface area contributed by atoms with Gasteiger partial charge in [-0.1, -0.05) is 6.92 Å². The van der Waals surface area contributed by atoms with E-state index in [1.165, 1.54) is 18.0 Å². The van der Waals surface area contributed by atoms with Crippen molar-refractivity contribution in [3.05, 3.63) is 30.1 Å². The van der Waals surface area contributed by atoms with E-state index in [-0.39, 0.29) is 6.42 Å². The maximum absolute atomic E-state index is 13.2. The smallest absolute Gasteiger partial charge is 0.259 e. The summed E-state index contributed by atoms with van der Waals surface area (Å²) in [5, 5.41) is 8.25. The van der Waals surface area contributed by atoms with Crippen LogP contribution >= 0.6 is 0 Å². The number of nitrogens with zero attached hydrogens (tertiary/aromatic N) is 3. The van der Waals surface area contributed by atoms with Crippen LogP contribution in [0.15, 0.2) is 24.5 Å². The molecule has 0 bridgehead atoms. The molecule has 2 rings (SSSR count). The van der Waals surface area contributed by atoms with Crippen molar-refractivity contribution in [2.45, 2.75) is 39.5 Å². The molecule has 0 radical (unpaired) electrons. The van der Waals surface area contributed by atoms with E-state index in [9.17, 15) is 13.6 Å². The van der Waals surface area contributed by atoms with Crippen LogP contribution < -0.4 is 0 Å². The van der Waals surface area contributed by atoms with Crippen LogP contribution in [0, 0.1) is 16.7 Å². The van der Waals surface area contributed by atoms with Gasteiger partial charge in [-0.05, 0) is 31.9 Å². The molecule has 1 atom stereocenters. The van der Waals surface area contributed by atoms with Crippen molar-refractivity contribution in [1.29, 1.82) is 5.26 Å². The van der Waals surface area contributed by atoms with Crippen molar-refractivity contribution in [1.82, 2.24) is 9.88 Å². The number of pyridine rings is 1. The molecule has 0 spiro atoms. The summed E-state index contributed by atoms with van der Waals surface area (Å²) < 4.78 is 26.5. The molecule has 1 amide bonds. The molecule has 1 aliphatic heterocycles. The van der Waals surface area contributed by atoms with Gasteiger partial charge in [0.05, 0.1) is 5.56 Å². The Balaban J connectivity index is 0.000000255. The zero-order valence-electron chi connectivity index (χ0n) is 13.1. The minimum absolute atomic E-state index is 0.259. The summed E-state index contributed by atoms with van der Waals surface area (Å²) in [6.07, 6.45) is 4.24. The van der Waals surface area contributed by atoms with Crippen LogP contribution in [-0.2, 0) is 4.79 Å². The van der Waals surface area contributed by atoms with Gasteiger partial charge in [-0.2, -0.15) is 5.26 Å². The topological polar surface area (TPSA) is 57.0 Å². The molecule has 0 aromatic carbocycles. The Hall–Kier alpha value is -2.03. The number of rotatable bonds is 3. The van der Waals surface area contributed by atoms with Crippen molar-refractivity contribution in [2.75, 3.05) is 13.1 Å². The van der Waals surface area contributed by atoms with E-state index in [4.69, 9.17) is 5.26 Å². The van der Waals surface area contributed by atoms with Crippen LogP contribution in [0.25, 0.3) is 0 Å². The van der Waals surface area contributed by atoms with Gasteiger partial charge in [0.1, 0.15) is 11.5 Å². The molecule has 1 saturated heterocycles. The lowest BCUT2D eigenvalue weighted by atomic mass is 9.82. The van der Waals surface area contributed by atoms with Crippen molar-refractivity contribution in [2.24, 2.45) is 5.41 Å². The van der Waals surface area contributed by atoms with Gasteiger partial charge in [-0.3, -0.25) is 9.78 Å². The van der Waals surface area contributed by atoms with E-state index >= 15 is 0 Å². The first kappa shape index (κ1) is 18.0. The summed E-state index contributed by atoms with van der Waals surface area (Å²) >= 11 is 0. The Labute approximate surface area is 129 Å². The Bertz CT molecular complexity index is 537. The SMILES string of the molecule is CCCN1CCC(C)(C(C)(F)F)C1=O.N#Cc1cccnc1. The van der Waals surface area contributed by atoms with Gasteiger partial charge in [0, 0.05) is 32.4 Å². The Morgan fingerprint density at radius 3 is 2.59 bits per heavy atom. The average molecular weight is 309 g/mol. The van der Waals surface area contributed by atoms with Crippen LogP contribution in [0.3, 0.4) is 0 Å². The first-order valence-corrected chi connectivity index (χ1v) is 7.23. The van der Waals surface area contributed by atoms with Gasteiger partial charge >= 0.3 is 0 Å². The van der Waals surface area contributed by atoms with E-state index in [2.05, 4.69) is 4.98 Å². The molecule has 22 heavy (non-hydrogen) atoms. The minimum Gasteiger partial charge on any atom is -0.342 e. The second kappa shape index (κ2) is 7.30. The highest BCUT2D eigenvalue weighted by molar-refractivity contribution is 5.85. The number of carbonyl (C=O) groups is 1. The molecular formula is C16H21F2N3O. The highest BCUT2D eigenvalue weighted by Crippen LogP contribution is 2.44. The molecule has 0 N–H and O–H groups in total. The first-order valence-electron chi connectivity index (χ1n) is 7.23. The molecule has 1 aromatic rings. The van der Waals surface area contributed by atoms with Crippen LogP contribution in [0.1, 0.15) is 39.2 Å². The summed E-state index contributed by atoms with van der Waals surface area (Å²) in [6.45, 7) is 5.19. The zero-order chi connectivity index (χ0) is 16.8. The lowest BCUT2D eigenvalue weighted by Gasteiger charge is -2.29. The Morgan fingerprint density at radius 2 is 2.23 bits per heavy atom. The molecule has 1 unspecified atom stereocenters. The number of likely N-dealkylation sites (tertiary alicyclic amines) is 1. The summed E-state index contributed by atoms with van der Waals surface area (Å²) in [4.78, 5) is 17.0. The number of hydrogen-bond acceptors (Lipinski definition) is 3. The quantitative estimate of drug-likeness (QED) is 0.861. The standard InChI is InChI=1S/C10H17F2NO.C6H4N2/c1-4-6-13-7-5-9(2,8(13)14)10(3,11)12;7-4-6-2-1-3-8-5-6/h4-7H2,1-3H3;1-3,5H. The lowest BCUT2D eigenvalue weighted by molar-refractivity contribution is -0.155. The summed E-state index contributed by atoms with van der Waals surface area (Å²) in [5.41, 5.74) is -0.880. The number of halogens is 2. The maximum Gasteiger partial charge on any atom is 0.259 e. The monoisotopic (exact) mass is 309 g/mol. The fourth-order valence-corrected chi connectivity index (χ4v) is 2.24. The predicted octanol–water partition coefficient (Wildman–Crippen LogP) is 3.24. The van der Waals surface area contributed by atoms with Crippen LogP contribution in [-0.4, -0.2) is 34.8 Å². The van der Waals surface area contributed by atoms with E-state index < -0.39 is 17.2 Å². The van der Waals surface area contributed by atoms with Crippen molar-refractivity contribution in [3.63, 3.8) is 0 Å². The molecule has 4 nitrogen and oxygen atoms in total. The molecule has 0 aliphatic carbocycles. The van der Waals surface area contributed by atoms with E-state index in [1.54, 1.807) is 18.3 Å². The van der Waals surface area contributed by atoms with Gasteiger partial charge in [0.25, 0.3) is 5.92 Å². The number of alkyl halides is 2. The van der Waals surface area contributed by atoms with Crippen LogP contribution in [0.4, 0.5) is 8.78 Å². The average Bonchev–Trinajstić information content (AvgIpc) is 2.78. The Kier molecular flexibility index (Phi) is 5.98. The molecule has 1 fully saturated rings. The first-order chi connectivity index (χ1) is 10.3. The normalized spacial score (nSPS) is 21.1. The molecule has 2 heterocycles. The maximum atomic E-state index is 13.2. The zero-order valence-corrected chi connectivity index (χ0v) is 13.1. The van der Waals surface area contributed by atoms with Gasteiger partial charge < -0.3 is 4.90 Å². The summed E-state index contributed by atoms with van der Waals surface area (Å²) in [5.74, 6) is -3.32. The van der Waals surface area contributed by atoms with Gasteiger partial charge in [-0.15, -0.1) is 0 Å². The van der Waals surface area contributed by atoms with Crippen LogP contribution in [0.2, 0.25) is 0 Å². The van der Waals surface area contributed by atoms with Crippen molar-refractivity contribution >= 4 is 5.91 Å². The number of carbonyl (C=O) groups excluding carboxylic acids is 1. The minimum atomic E-state index is -2.92. The molecule has 1 aromatic heterocycles. The summed E-state index contributed by atoms with van der Waals surface area (Å²) in [6, 6.07) is 5.41. The fourth-order valence-electron chi connectivity index (χ4n) is 2.24. The molecule has 120 valence electrons. The van der Waals surface area contributed by atoms with Gasteiger partial charge in [-0.25, -0.2) is 8.78 Å². The molecular weight excluding hydrogens is 288 g/mol. The number of amides is 1. The van der Waals surface area contributed by atoms with Crippen molar-refractivity contribution < 1.29 is 13.6 Å². The van der Waals surface area contributed by atoms with E-state index in [0.717, 1.165) is 13.3 Å². The second-order valence-electron chi connectivity index (χ2n) is 5.62. The highest BCUT2D eigenvalue weighted by Gasteiger charge is 2.56.